The summed E-state index contributed by atoms with van der Waals surface area (Å²) >= 11 is 0. The number of rotatable bonds is 2. The summed E-state index contributed by atoms with van der Waals surface area (Å²) in [6.45, 7) is 0. The molecule has 0 spiro atoms. The van der Waals surface area contributed by atoms with Crippen LogP contribution in [0, 0.1) is 11.2 Å². The molecule has 17 heavy (non-hydrogen) atoms. The zero-order valence-electron chi connectivity index (χ0n) is 8.44. The van der Waals surface area contributed by atoms with Gasteiger partial charge in [0.25, 0.3) is 5.90 Å². The number of nitrogens with zero attached hydrogens (tertiary/aromatic N) is 2. The third-order valence-electron chi connectivity index (χ3n) is 1.96. The average molecular weight is 237 g/mol. The van der Waals surface area contributed by atoms with Gasteiger partial charge in [-0.3, -0.25) is 10.8 Å². The van der Waals surface area contributed by atoms with Crippen LogP contribution in [0.2, 0.25) is 0 Å². The Balaban J connectivity index is 2.26. The normalized spacial score (nSPS) is 16.9. The van der Waals surface area contributed by atoms with Crippen LogP contribution in [0.25, 0.3) is 0 Å². The minimum atomic E-state index is -0.685. The zero-order chi connectivity index (χ0) is 12.4. The molecular weight excluding hydrogens is 229 g/mol. The van der Waals surface area contributed by atoms with Crippen molar-refractivity contribution < 1.29 is 14.3 Å². The Morgan fingerprint density at radius 1 is 1.53 bits per heavy atom. The quantitative estimate of drug-likeness (QED) is 0.444. The molecule has 0 amide bonds. The molecule has 1 aliphatic rings. The first-order valence-corrected chi connectivity index (χ1v) is 4.50. The lowest BCUT2D eigenvalue weighted by molar-refractivity contribution is 0.340. The number of hydrazone groups is 1. The number of benzene rings is 1. The van der Waals surface area contributed by atoms with Crippen LogP contribution in [0.1, 0.15) is 0 Å². The lowest BCUT2D eigenvalue weighted by atomic mass is 10.3. The van der Waals surface area contributed by atoms with Crippen LogP contribution >= 0.6 is 0 Å². The van der Waals surface area contributed by atoms with Gasteiger partial charge >= 0.3 is 0 Å². The molecular formula is C9H8FN5O2. The van der Waals surface area contributed by atoms with Crippen molar-refractivity contribution in [1.82, 2.24) is 0 Å². The van der Waals surface area contributed by atoms with E-state index in [9.17, 15) is 9.50 Å². The first-order valence-electron chi connectivity index (χ1n) is 4.50. The summed E-state index contributed by atoms with van der Waals surface area (Å²) in [7, 11) is 0. The summed E-state index contributed by atoms with van der Waals surface area (Å²) in [5, 5.41) is 23.6. The highest BCUT2D eigenvalue weighted by Crippen LogP contribution is 2.25. The van der Waals surface area contributed by atoms with Crippen molar-refractivity contribution >= 4 is 23.1 Å². The molecule has 0 atom stereocenters. The van der Waals surface area contributed by atoms with Gasteiger partial charge in [-0.05, 0) is 12.1 Å². The van der Waals surface area contributed by atoms with Gasteiger partial charge in [0.2, 0.25) is 0 Å². The summed E-state index contributed by atoms with van der Waals surface area (Å²) in [5.74, 6) is -1.45. The number of anilines is 1. The number of halogens is 1. The van der Waals surface area contributed by atoms with Crippen LogP contribution in [0.5, 0.6) is 5.75 Å². The Kier molecular flexibility index (Phi) is 2.61. The monoisotopic (exact) mass is 237 g/mol. The fourth-order valence-corrected chi connectivity index (χ4v) is 1.14. The molecule has 0 aromatic heterocycles. The molecule has 1 aromatic rings. The Bertz CT molecular complexity index is 520. The van der Waals surface area contributed by atoms with Crippen LogP contribution < -0.4 is 11.2 Å². The highest BCUT2D eigenvalue weighted by atomic mass is 19.1. The van der Waals surface area contributed by atoms with E-state index < -0.39 is 5.82 Å². The van der Waals surface area contributed by atoms with Gasteiger partial charge in [0.15, 0.2) is 17.4 Å². The van der Waals surface area contributed by atoms with Gasteiger partial charge in [-0.15, -0.1) is 0 Å². The molecule has 2 rings (SSSR count). The standard InChI is InChI=1S/C9H8FN5O2/c10-4-2-1-3-5(16)6(4)13-14-7-8(11)15-17-9(7)12/h1-3,12-13,16H,(H2,11,15)/b12-9?,14-7-. The van der Waals surface area contributed by atoms with Crippen molar-refractivity contribution in [2.75, 3.05) is 5.43 Å². The number of oxime groups is 1. The van der Waals surface area contributed by atoms with E-state index in [1.165, 1.54) is 12.1 Å². The number of hydrogen-bond donors (Lipinski definition) is 4. The Labute approximate surface area is 94.9 Å². The van der Waals surface area contributed by atoms with Gasteiger partial charge in [0.05, 0.1) is 0 Å². The number of phenolic OH excluding ortho intramolecular Hbond substituents is 1. The summed E-state index contributed by atoms with van der Waals surface area (Å²) in [6, 6.07) is 3.79. The average Bonchev–Trinajstić information content (AvgIpc) is 2.59. The number of phenols is 1. The first-order chi connectivity index (χ1) is 8.09. The molecule has 1 heterocycles. The number of para-hydroxylation sites is 1. The second-order valence-corrected chi connectivity index (χ2v) is 3.10. The SMILES string of the molecule is N=C1ON=C(N)/C1=N/Nc1c(O)cccc1F. The molecule has 7 nitrogen and oxygen atoms in total. The predicted octanol–water partition coefficient (Wildman–Crippen LogP) is 0.579. The van der Waals surface area contributed by atoms with Gasteiger partial charge in [0, 0.05) is 0 Å². The number of aromatic hydroxyl groups is 1. The molecule has 0 saturated heterocycles. The molecule has 1 aromatic carbocycles. The Hall–Kier alpha value is -2.64. The molecule has 0 saturated carbocycles. The molecule has 88 valence electrons. The van der Waals surface area contributed by atoms with E-state index in [1.54, 1.807) is 0 Å². The van der Waals surface area contributed by atoms with Crippen molar-refractivity contribution in [3.05, 3.63) is 24.0 Å². The predicted molar refractivity (Wildman–Crippen MR) is 59.6 cm³/mol. The van der Waals surface area contributed by atoms with Gasteiger partial charge in [0.1, 0.15) is 11.4 Å². The van der Waals surface area contributed by atoms with Crippen molar-refractivity contribution in [3.63, 3.8) is 0 Å². The lowest BCUT2D eigenvalue weighted by Crippen LogP contribution is -2.25. The van der Waals surface area contributed by atoms with Gasteiger partial charge < -0.3 is 15.7 Å². The van der Waals surface area contributed by atoms with Crippen LogP contribution in [0.3, 0.4) is 0 Å². The molecule has 0 radical (unpaired) electrons. The maximum absolute atomic E-state index is 13.3. The number of amidine groups is 1. The molecule has 5 N–H and O–H groups in total. The minimum absolute atomic E-state index is 0.0624. The van der Waals surface area contributed by atoms with E-state index in [1.807, 2.05) is 0 Å². The molecule has 0 unspecified atom stereocenters. The first kappa shape index (κ1) is 10.9. The van der Waals surface area contributed by atoms with E-state index in [2.05, 4.69) is 20.5 Å². The summed E-state index contributed by atoms with van der Waals surface area (Å²) < 4.78 is 13.3. The topological polar surface area (TPSA) is 116 Å². The van der Waals surface area contributed by atoms with E-state index >= 15 is 0 Å². The van der Waals surface area contributed by atoms with Crippen molar-refractivity contribution in [2.24, 2.45) is 16.0 Å². The fraction of sp³-hybridized carbons (Fsp3) is 0. The smallest absolute Gasteiger partial charge is 0.273 e. The second kappa shape index (κ2) is 4.08. The highest BCUT2D eigenvalue weighted by Gasteiger charge is 2.22. The zero-order valence-corrected chi connectivity index (χ0v) is 8.44. The van der Waals surface area contributed by atoms with E-state index in [-0.39, 0.29) is 28.9 Å². The van der Waals surface area contributed by atoms with Gasteiger partial charge in [-0.25, -0.2) is 4.39 Å². The molecule has 0 bridgehead atoms. The van der Waals surface area contributed by atoms with Crippen molar-refractivity contribution in [3.8, 4) is 5.75 Å². The molecule has 0 fully saturated rings. The second-order valence-electron chi connectivity index (χ2n) is 3.10. The van der Waals surface area contributed by atoms with Crippen LogP contribution in [0.4, 0.5) is 10.1 Å². The Morgan fingerprint density at radius 3 is 2.88 bits per heavy atom. The Morgan fingerprint density at radius 2 is 2.29 bits per heavy atom. The summed E-state index contributed by atoms with van der Waals surface area (Å²) in [5.41, 5.74) is 7.35. The van der Waals surface area contributed by atoms with E-state index in [0.29, 0.717) is 0 Å². The number of hydrogen-bond acceptors (Lipinski definition) is 7. The number of nitrogens with two attached hydrogens (primary N) is 1. The maximum atomic E-state index is 13.3. The van der Waals surface area contributed by atoms with Crippen molar-refractivity contribution in [2.45, 2.75) is 0 Å². The highest BCUT2D eigenvalue weighted by molar-refractivity contribution is 6.67. The van der Waals surface area contributed by atoms with E-state index in [4.69, 9.17) is 11.1 Å². The van der Waals surface area contributed by atoms with Gasteiger partial charge in [-0.1, -0.05) is 11.2 Å². The van der Waals surface area contributed by atoms with Crippen molar-refractivity contribution in [1.29, 1.82) is 5.41 Å². The molecule has 0 aliphatic carbocycles. The van der Waals surface area contributed by atoms with Crippen LogP contribution in [-0.4, -0.2) is 22.6 Å². The lowest BCUT2D eigenvalue weighted by Gasteiger charge is -2.04. The van der Waals surface area contributed by atoms with E-state index in [0.717, 1.165) is 6.07 Å². The largest absolute Gasteiger partial charge is 0.506 e. The molecule has 1 aliphatic heterocycles. The van der Waals surface area contributed by atoms with Gasteiger partial charge in [-0.2, -0.15) is 5.10 Å². The third-order valence-corrected chi connectivity index (χ3v) is 1.96. The third kappa shape index (κ3) is 2.00. The minimum Gasteiger partial charge on any atom is -0.506 e. The summed E-state index contributed by atoms with van der Waals surface area (Å²) in [6.07, 6.45) is 0. The van der Waals surface area contributed by atoms with Crippen LogP contribution in [-0.2, 0) is 4.84 Å². The number of nitrogens with one attached hydrogen (secondary N) is 2. The summed E-state index contributed by atoms with van der Waals surface area (Å²) in [4.78, 5) is 4.45. The maximum Gasteiger partial charge on any atom is 0.273 e. The fourth-order valence-electron chi connectivity index (χ4n) is 1.14. The van der Waals surface area contributed by atoms with Crippen LogP contribution in [0.15, 0.2) is 28.5 Å². The molecule has 8 heteroatoms.